The van der Waals surface area contributed by atoms with Gasteiger partial charge in [0.15, 0.2) is 0 Å². The highest BCUT2D eigenvalue weighted by atomic mass is 14.7. The molecule has 0 radical (unpaired) electrons. The number of nitrogens with zero attached hydrogens (tertiary/aromatic N) is 1. The van der Waals surface area contributed by atoms with Gasteiger partial charge < -0.3 is 0 Å². The van der Waals surface area contributed by atoms with Gasteiger partial charge in [-0.3, -0.25) is 4.98 Å². The number of fused-ring (bicyclic) bond motifs is 1. The molecule has 88 valence electrons. The molecule has 0 aliphatic carbocycles. The Morgan fingerprint density at radius 1 is 0.944 bits per heavy atom. The molecule has 1 nitrogen and oxygen atoms in total. The van der Waals surface area contributed by atoms with Gasteiger partial charge in [0, 0.05) is 17.1 Å². The van der Waals surface area contributed by atoms with Crippen molar-refractivity contribution >= 4 is 10.8 Å². The molecule has 0 aliphatic heterocycles. The summed E-state index contributed by atoms with van der Waals surface area (Å²) >= 11 is 0. The van der Waals surface area contributed by atoms with Crippen LogP contribution in [-0.2, 0) is 0 Å². The number of rotatable bonds is 1. The fourth-order valence-electron chi connectivity index (χ4n) is 2.40. The Bertz CT molecular complexity index is 742. The van der Waals surface area contributed by atoms with Crippen molar-refractivity contribution in [3.63, 3.8) is 0 Å². The van der Waals surface area contributed by atoms with Crippen molar-refractivity contribution in [1.82, 2.24) is 4.98 Å². The van der Waals surface area contributed by atoms with Crippen LogP contribution in [0.25, 0.3) is 22.0 Å². The average Bonchev–Trinajstić information content (AvgIpc) is 2.36. The number of hydrogen-bond acceptors (Lipinski definition) is 1. The number of hydrogen-bond donors (Lipinski definition) is 0. The highest BCUT2D eigenvalue weighted by molar-refractivity contribution is 5.94. The molecular formula is C17H15N. The molecule has 1 heteroatoms. The quantitative estimate of drug-likeness (QED) is 0.603. The predicted molar refractivity (Wildman–Crippen MR) is 76.7 cm³/mol. The Kier molecular flexibility index (Phi) is 2.33. The van der Waals surface area contributed by atoms with Gasteiger partial charge in [-0.15, -0.1) is 0 Å². The van der Waals surface area contributed by atoms with E-state index in [0.717, 1.165) is 22.0 Å². The van der Waals surface area contributed by atoms with Crippen LogP contribution < -0.4 is 0 Å². The van der Waals surface area contributed by atoms with Gasteiger partial charge in [-0.25, -0.2) is 0 Å². The first-order valence-corrected chi connectivity index (χ1v) is 6.08. The van der Waals surface area contributed by atoms with Crippen LogP contribution in [0.5, 0.6) is 0 Å². The van der Waals surface area contributed by atoms with Crippen LogP contribution in [0.15, 0.2) is 54.7 Å². The van der Waals surface area contributed by atoms with E-state index in [0.29, 0.717) is 6.17 Å². The number of pyridine rings is 1. The second-order valence-electron chi connectivity index (χ2n) is 4.70. The van der Waals surface area contributed by atoms with E-state index < -0.39 is 0 Å². The highest BCUT2D eigenvalue weighted by Crippen LogP contribution is 2.27. The standard InChI is InChI=1S/C17H15N/c1-12-9-13(2)11-15(10-12)17-16-6-4-3-5-14(16)7-8-18-17/h3-11H,1-2H3/i8D. The molecule has 0 N–H and O–H groups in total. The Balaban J connectivity index is 2.35. The first-order chi connectivity index (χ1) is 9.13. The van der Waals surface area contributed by atoms with Crippen molar-refractivity contribution in [1.29, 1.82) is 0 Å². The molecular weight excluding hydrogens is 218 g/mol. The van der Waals surface area contributed by atoms with Crippen molar-refractivity contribution in [2.75, 3.05) is 0 Å². The summed E-state index contributed by atoms with van der Waals surface area (Å²) in [5.41, 5.74) is 4.42. The summed E-state index contributed by atoms with van der Waals surface area (Å²) in [6.07, 6.45) is 0.313. The zero-order valence-corrected chi connectivity index (χ0v) is 10.6. The predicted octanol–water partition coefficient (Wildman–Crippen LogP) is 4.52. The van der Waals surface area contributed by atoms with Crippen LogP contribution in [0.3, 0.4) is 0 Å². The summed E-state index contributed by atoms with van der Waals surface area (Å²) in [6.45, 7) is 4.17. The lowest BCUT2D eigenvalue weighted by atomic mass is 10.0. The minimum Gasteiger partial charge on any atom is -0.256 e. The maximum atomic E-state index is 7.86. The zero-order chi connectivity index (χ0) is 13.4. The summed E-state index contributed by atoms with van der Waals surface area (Å²) < 4.78 is 7.86. The maximum Gasteiger partial charge on any atom is 0.0840 e. The Labute approximate surface area is 109 Å². The van der Waals surface area contributed by atoms with Crippen LogP contribution in [0.1, 0.15) is 12.5 Å². The van der Waals surface area contributed by atoms with Gasteiger partial charge in [-0.1, -0.05) is 41.5 Å². The highest BCUT2D eigenvalue weighted by Gasteiger charge is 2.05. The Morgan fingerprint density at radius 2 is 1.67 bits per heavy atom. The van der Waals surface area contributed by atoms with Gasteiger partial charge in [0.2, 0.25) is 0 Å². The van der Waals surface area contributed by atoms with Crippen molar-refractivity contribution in [3.8, 4) is 11.3 Å². The van der Waals surface area contributed by atoms with E-state index in [4.69, 9.17) is 1.37 Å². The third-order valence-corrected chi connectivity index (χ3v) is 3.11. The second kappa shape index (κ2) is 4.26. The molecule has 0 fully saturated rings. The van der Waals surface area contributed by atoms with E-state index in [1.54, 1.807) is 0 Å². The molecule has 3 aromatic rings. The molecule has 0 spiro atoms. The molecule has 1 aromatic heterocycles. The normalized spacial score (nSPS) is 11.6. The molecule has 0 bridgehead atoms. The van der Waals surface area contributed by atoms with E-state index in [1.165, 1.54) is 11.1 Å². The molecule has 0 aliphatic rings. The molecule has 2 aromatic carbocycles. The Morgan fingerprint density at radius 3 is 2.44 bits per heavy atom. The lowest BCUT2D eigenvalue weighted by Crippen LogP contribution is -1.88. The fraction of sp³-hybridized carbons (Fsp3) is 0.118. The number of aryl methyl sites for hydroxylation is 2. The average molecular weight is 234 g/mol. The molecule has 1 heterocycles. The van der Waals surface area contributed by atoms with Crippen molar-refractivity contribution < 1.29 is 1.37 Å². The summed E-state index contributed by atoms with van der Waals surface area (Å²) in [5.74, 6) is 0. The van der Waals surface area contributed by atoms with Crippen molar-refractivity contribution in [3.05, 3.63) is 65.8 Å². The Hall–Kier alpha value is -2.15. The van der Waals surface area contributed by atoms with Crippen molar-refractivity contribution in [2.45, 2.75) is 13.8 Å². The summed E-state index contributed by atoms with van der Waals surface area (Å²) in [6, 6.07) is 16.3. The van der Waals surface area contributed by atoms with Gasteiger partial charge in [0.25, 0.3) is 0 Å². The lowest BCUT2D eigenvalue weighted by molar-refractivity contribution is 1.32. The molecule has 3 rings (SSSR count). The van der Waals surface area contributed by atoms with Gasteiger partial charge in [-0.2, -0.15) is 0 Å². The first kappa shape index (κ1) is 9.84. The zero-order valence-electron chi connectivity index (χ0n) is 11.6. The van der Waals surface area contributed by atoms with Gasteiger partial charge in [0.1, 0.15) is 0 Å². The summed E-state index contributed by atoms with van der Waals surface area (Å²) in [4.78, 5) is 4.42. The summed E-state index contributed by atoms with van der Waals surface area (Å²) in [5, 5.41) is 2.17. The smallest absolute Gasteiger partial charge is 0.0840 e. The van der Waals surface area contributed by atoms with Crippen molar-refractivity contribution in [2.24, 2.45) is 0 Å². The van der Waals surface area contributed by atoms with E-state index in [2.05, 4.69) is 43.1 Å². The number of aromatic nitrogens is 1. The molecule has 0 atom stereocenters. The van der Waals surface area contributed by atoms with Crippen LogP contribution in [0.2, 0.25) is 0 Å². The second-order valence-corrected chi connectivity index (χ2v) is 4.70. The maximum absolute atomic E-state index is 7.86. The molecule has 0 unspecified atom stereocenters. The van der Waals surface area contributed by atoms with Crippen LogP contribution in [-0.4, -0.2) is 4.98 Å². The lowest BCUT2D eigenvalue weighted by Gasteiger charge is -2.07. The largest absolute Gasteiger partial charge is 0.256 e. The van der Waals surface area contributed by atoms with Gasteiger partial charge in [-0.05, 0) is 37.4 Å². The molecule has 0 saturated heterocycles. The van der Waals surface area contributed by atoms with E-state index in [1.807, 2.05) is 24.3 Å². The van der Waals surface area contributed by atoms with Crippen LogP contribution >= 0.6 is 0 Å². The summed E-state index contributed by atoms with van der Waals surface area (Å²) in [7, 11) is 0. The molecule has 0 amide bonds. The van der Waals surface area contributed by atoms with Crippen LogP contribution in [0.4, 0.5) is 0 Å². The van der Waals surface area contributed by atoms with Gasteiger partial charge in [0.05, 0.1) is 7.06 Å². The van der Waals surface area contributed by atoms with Crippen LogP contribution in [0, 0.1) is 13.8 Å². The number of benzene rings is 2. The third kappa shape index (κ3) is 1.88. The molecule has 0 saturated carbocycles. The fourth-order valence-corrected chi connectivity index (χ4v) is 2.40. The topological polar surface area (TPSA) is 12.9 Å². The van der Waals surface area contributed by atoms with E-state index in [9.17, 15) is 0 Å². The first-order valence-electron chi connectivity index (χ1n) is 6.58. The minimum atomic E-state index is 0.313. The third-order valence-electron chi connectivity index (χ3n) is 3.11. The minimum absolute atomic E-state index is 0.313. The van der Waals surface area contributed by atoms with E-state index >= 15 is 0 Å². The van der Waals surface area contributed by atoms with Gasteiger partial charge >= 0.3 is 0 Å². The SMILES string of the molecule is [2H]c1cc2ccccc2c(-c2cc(C)cc(C)c2)n1. The molecule has 18 heavy (non-hydrogen) atoms. The monoisotopic (exact) mass is 234 g/mol. The van der Waals surface area contributed by atoms with E-state index in [-0.39, 0.29) is 0 Å².